The molecule has 0 atom stereocenters. The molecular formula is C14H13N5O2S. The van der Waals surface area contributed by atoms with Crippen LogP contribution in [0.15, 0.2) is 29.1 Å². The number of aromatic amines is 1. The van der Waals surface area contributed by atoms with E-state index >= 15 is 0 Å². The van der Waals surface area contributed by atoms with Gasteiger partial charge in [-0.15, -0.1) is 10.2 Å². The van der Waals surface area contributed by atoms with Gasteiger partial charge in [0.2, 0.25) is 0 Å². The molecule has 0 fully saturated rings. The number of hydrogen-bond donors (Lipinski definition) is 2. The highest BCUT2D eigenvalue weighted by atomic mass is 32.1. The van der Waals surface area contributed by atoms with E-state index in [2.05, 4.69) is 25.5 Å². The van der Waals surface area contributed by atoms with Crippen molar-refractivity contribution in [2.45, 2.75) is 19.9 Å². The van der Waals surface area contributed by atoms with E-state index < -0.39 is 5.91 Å². The molecule has 0 radical (unpaired) electrons. The summed E-state index contributed by atoms with van der Waals surface area (Å²) in [5.41, 5.74) is 0.153. The number of amides is 1. The Hall–Kier alpha value is -2.61. The van der Waals surface area contributed by atoms with Gasteiger partial charge in [0.25, 0.3) is 11.5 Å². The fraction of sp³-hybridized carbons (Fsp3) is 0.214. The van der Waals surface area contributed by atoms with Gasteiger partial charge in [0.05, 0.1) is 17.4 Å². The second kappa shape index (κ2) is 6.02. The van der Waals surface area contributed by atoms with Crippen LogP contribution < -0.4 is 10.9 Å². The molecule has 2 aromatic heterocycles. The molecule has 0 aliphatic rings. The van der Waals surface area contributed by atoms with Gasteiger partial charge < -0.3 is 10.3 Å². The normalized spacial score (nSPS) is 10.8. The minimum atomic E-state index is -0.448. The molecule has 1 aromatic carbocycles. The van der Waals surface area contributed by atoms with E-state index in [4.69, 9.17) is 0 Å². The Morgan fingerprint density at radius 3 is 2.82 bits per heavy atom. The van der Waals surface area contributed by atoms with E-state index in [1.807, 2.05) is 6.92 Å². The van der Waals surface area contributed by atoms with E-state index in [1.54, 1.807) is 24.3 Å². The van der Waals surface area contributed by atoms with Crippen LogP contribution in [0.3, 0.4) is 0 Å². The van der Waals surface area contributed by atoms with Crippen molar-refractivity contribution >= 4 is 28.1 Å². The van der Waals surface area contributed by atoms with Gasteiger partial charge in [0.1, 0.15) is 10.0 Å². The first-order chi connectivity index (χ1) is 10.7. The number of benzene rings is 1. The third-order valence-electron chi connectivity index (χ3n) is 3.04. The summed E-state index contributed by atoms with van der Waals surface area (Å²) in [4.78, 5) is 30.7. The number of nitrogens with zero attached hydrogens (tertiary/aromatic N) is 3. The van der Waals surface area contributed by atoms with Crippen molar-refractivity contribution < 1.29 is 4.79 Å². The largest absolute Gasteiger partial charge is 0.343 e. The molecule has 2 heterocycles. The van der Waals surface area contributed by atoms with Crippen molar-refractivity contribution in [1.29, 1.82) is 0 Å². The number of aryl methyl sites for hydroxylation is 1. The molecule has 0 saturated heterocycles. The highest BCUT2D eigenvalue weighted by Gasteiger charge is 2.12. The number of carbonyl (C=O) groups excluding carboxylic acids is 1. The maximum atomic E-state index is 12.1. The number of rotatable bonds is 4. The zero-order valence-corrected chi connectivity index (χ0v) is 12.6. The number of carbonyl (C=O) groups is 1. The molecule has 3 rings (SSSR count). The van der Waals surface area contributed by atoms with Crippen molar-refractivity contribution in [2.75, 3.05) is 0 Å². The zero-order chi connectivity index (χ0) is 15.5. The summed E-state index contributed by atoms with van der Waals surface area (Å²) in [6.07, 6.45) is 0.811. The Morgan fingerprint density at radius 1 is 1.27 bits per heavy atom. The van der Waals surface area contributed by atoms with E-state index in [0.717, 1.165) is 11.4 Å². The van der Waals surface area contributed by atoms with Crippen molar-refractivity contribution in [3.8, 4) is 0 Å². The van der Waals surface area contributed by atoms with Crippen molar-refractivity contribution in [1.82, 2.24) is 25.5 Å². The highest BCUT2D eigenvalue weighted by Crippen LogP contribution is 2.10. The molecule has 0 spiro atoms. The van der Waals surface area contributed by atoms with Crippen molar-refractivity contribution in [3.63, 3.8) is 0 Å². The van der Waals surface area contributed by atoms with Crippen LogP contribution in [0.4, 0.5) is 0 Å². The minimum absolute atomic E-state index is 0.0102. The molecule has 0 aliphatic carbocycles. The molecule has 112 valence electrons. The maximum absolute atomic E-state index is 12.1. The lowest BCUT2D eigenvalue weighted by Gasteiger charge is -2.03. The number of aromatic nitrogens is 4. The van der Waals surface area contributed by atoms with Crippen LogP contribution >= 0.6 is 11.3 Å². The molecule has 22 heavy (non-hydrogen) atoms. The molecule has 1 amide bonds. The summed E-state index contributed by atoms with van der Waals surface area (Å²) < 4.78 is 0. The summed E-state index contributed by atoms with van der Waals surface area (Å²) in [7, 11) is 0. The first kappa shape index (κ1) is 14.3. The first-order valence-corrected chi connectivity index (χ1v) is 7.57. The molecule has 7 nitrogen and oxygen atoms in total. The van der Waals surface area contributed by atoms with E-state index in [9.17, 15) is 9.59 Å². The summed E-state index contributed by atoms with van der Waals surface area (Å²) in [6.45, 7) is 2.25. The highest BCUT2D eigenvalue weighted by molar-refractivity contribution is 7.11. The third kappa shape index (κ3) is 2.86. The Labute approximate surface area is 129 Å². The van der Waals surface area contributed by atoms with Crippen molar-refractivity contribution in [2.24, 2.45) is 0 Å². The predicted octanol–water partition coefficient (Wildman–Crippen LogP) is 1.27. The van der Waals surface area contributed by atoms with Crippen LogP contribution in [-0.4, -0.2) is 26.1 Å². The van der Waals surface area contributed by atoms with Crippen LogP contribution in [0.2, 0.25) is 0 Å². The Morgan fingerprint density at radius 2 is 2.05 bits per heavy atom. The minimum Gasteiger partial charge on any atom is -0.343 e. The van der Waals surface area contributed by atoms with E-state index in [0.29, 0.717) is 15.9 Å². The first-order valence-electron chi connectivity index (χ1n) is 6.76. The number of para-hydroxylation sites is 1. The molecule has 2 N–H and O–H groups in total. The van der Waals surface area contributed by atoms with E-state index in [1.165, 1.54) is 11.3 Å². The average Bonchev–Trinajstić information content (AvgIpc) is 3.00. The second-order valence-electron chi connectivity index (χ2n) is 4.56. The lowest BCUT2D eigenvalue weighted by Crippen LogP contribution is -2.27. The number of H-pyrrole nitrogens is 1. The molecule has 8 heteroatoms. The van der Waals surface area contributed by atoms with Gasteiger partial charge in [0.15, 0.2) is 5.82 Å². The number of nitrogens with one attached hydrogen (secondary N) is 2. The molecule has 0 unspecified atom stereocenters. The lowest BCUT2D eigenvalue weighted by molar-refractivity contribution is 0.0940. The van der Waals surface area contributed by atoms with Gasteiger partial charge in [-0.25, -0.2) is 4.98 Å². The standard InChI is InChI=1S/C14H13N5O2S/c1-2-10-18-19-11(22-10)7-15-14(21)12-16-9-6-4-3-5-8(9)13(20)17-12/h3-6H,2,7H2,1H3,(H,15,21)(H,16,17,20). The SMILES string of the molecule is CCc1nnc(CNC(=O)c2nc3ccccc3c(=O)[nH]2)s1. The van der Waals surface area contributed by atoms with Gasteiger partial charge in [0, 0.05) is 0 Å². The molecule has 3 aromatic rings. The van der Waals surface area contributed by atoms with Gasteiger partial charge in [-0.2, -0.15) is 0 Å². The second-order valence-corrected chi connectivity index (χ2v) is 5.70. The quantitative estimate of drug-likeness (QED) is 0.755. The number of fused-ring (bicyclic) bond motifs is 1. The molecular weight excluding hydrogens is 302 g/mol. The smallest absolute Gasteiger partial charge is 0.287 e. The molecule has 0 saturated carbocycles. The predicted molar refractivity (Wildman–Crippen MR) is 82.8 cm³/mol. The van der Waals surface area contributed by atoms with Gasteiger partial charge in [-0.1, -0.05) is 30.4 Å². The van der Waals surface area contributed by atoms with E-state index in [-0.39, 0.29) is 17.9 Å². The van der Waals surface area contributed by atoms with Crippen molar-refractivity contribution in [3.05, 3.63) is 50.5 Å². The van der Waals surface area contributed by atoms with Crippen LogP contribution in [0.25, 0.3) is 10.9 Å². The van der Waals surface area contributed by atoms with Crippen LogP contribution in [0.5, 0.6) is 0 Å². The third-order valence-corrected chi connectivity index (χ3v) is 4.11. The average molecular weight is 315 g/mol. The van der Waals surface area contributed by atoms with Gasteiger partial charge >= 0.3 is 0 Å². The topological polar surface area (TPSA) is 101 Å². The Kier molecular flexibility index (Phi) is 3.92. The summed E-state index contributed by atoms with van der Waals surface area (Å²) >= 11 is 1.45. The maximum Gasteiger partial charge on any atom is 0.287 e. The van der Waals surface area contributed by atoms with Crippen LogP contribution in [0.1, 0.15) is 27.6 Å². The van der Waals surface area contributed by atoms with Gasteiger partial charge in [-0.05, 0) is 18.6 Å². The fourth-order valence-corrected chi connectivity index (χ4v) is 2.66. The van der Waals surface area contributed by atoms with Gasteiger partial charge in [-0.3, -0.25) is 9.59 Å². The summed E-state index contributed by atoms with van der Waals surface area (Å²) in [5.74, 6) is -0.458. The molecule has 0 aliphatic heterocycles. The Balaban J connectivity index is 1.78. The fourth-order valence-electron chi connectivity index (χ4n) is 1.94. The Bertz CT molecular complexity index is 886. The van der Waals surface area contributed by atoms with Crippen LogP contribution in [0, 0.1) is 0 Å². The lowest BCUT2D eigenvalue weighted by atomic mass is 10.2. The number of hydrogen-bond acceptors (Lipinski definition) is 6. The van der Waals surface area contributed by atoms with Crippen LogP contribution in [-0.2, 0) is 13.0 Å². The summed E-state index contributed by atoms with van der Waals surface area (Å²) in [5, 5.41) is 12.7. The monoisotopic (exact) mass is 315 g/mol. The summed E-state index contributed by atoms with van der Waals surface area (Å²) in [6, 6.07) is 6.87. The zero-order valence-electron chi connectivity index (χ0n) is 11.8. The molecule has 0 bridgehead atoms.